The Balaban J connectivity index is 2.23. The molecule has 0 aliphatic heterocycles. The van der Waals surface area contributed by atoms with Gasteiger partial charge in [-0.25, -0.2) is 0 Å². The van der Waals surface area contributed by atoms with Gasteiger partial charge in [0.25, 0.3) is 0 Å². The second kappa shape index (κ2) is 6.49. The molecule has 2 unspecified atom stereocenters. The van der Waals surface area contributed by atoms with Gasteiger partial charge >= 0.3 is 0 Å². The fraction of sp³-hybridized carbons (Fsp3) is 0.688. The highest BCUT2D eigenvalue weighted by molar-refractivity contribution is 5.12. The zero-order chi connectivity index (χ0) is 13.8. The minimum absolute atomic E-state index is 0.149. The molecule has 0 bridgehead atoms. The van der Waals surface area contributed by atoms with Crippen LogP contribution in [0.4, 0.5) is 0 Å². The van der Waals surface area contributed by atoms with Crippen LogP contribution in [0.25, 0.3) is 0 Å². The Kier molecular flexibility index (Phi) is 4.94. The van der Waals surface area contributed by atoms with Crippen LogP contribution in [-0.4, -0.2) is 28.5 Å². The average molecular weight is 261 g/mol. The van der Waals surface area contributed by atoms with Gasteiger partial charge in [0.2, 0.25) is 0 Å². The number of nitrogens with two attached hydrogens (primary N) is 1. The number of rotatable bonds is 7. The van der Waals surface area contributed by atoms with Crippen LogP contribution in [0.3, 0.4) is 0 Å². The van der Waals surface area contributed by atoms with E-state index >= 15 is 0 Å². The Morgan fingerprint density at radius 2 is 2.11 bits per heavy atom. The summed E-state index contributed by atoms with van der Waals surface area (Å²) in [7, 11) is 0. The van der Waals surface area contributed by atoms with Crippen LogP contribution in [0.2, 0.25) is 0 Å². The summed E-state index contributed by atoms with van der Waals surface area (Å²) in [6.45, 7) is 7.85. The lowest BCUT2D eigenvalue weighted by Crippen LogP contribution is -2.45. The summed E-state index contributed by atoms with van der Waals surface area (Å²) in [4.78, 5) is 7.11. The van der Waals surface area contributed by atoms with Gasteiger partial charge < -0.3 is 5.73 Å². The van der Waals surface area contributed by atoms with E-state index in [4.69, 9.17) is 5.73 Å². The quantitative estimate of drug-likeness (QED) is 0.820. The molecule has 1 aliphatic rings. The fourth-order valence-corrected chi connectivity index (χ4v) is 2.65. The van der Waals surface area contributed by atoms with Crippen LogP contribution in [0.1, 0.15) is 51.8 Å². The Labute approximate surface area is 117 Å². The molecule has 3 nitrogen and oxygen atoms in total. The van der Waals surface area contributed by atoms with E-state index in [2.05, 4.69) is 42.8 Å². The third-order valence-electron chi connectivity index (χ3n) is 4.05. The normalized spacial score (nSPS) is 18.8. The van der Waals surface area contributed by atoms with E-state index in [-0.39, 0.29) is 12.1 Å². The van der Waals surface area contributed by atoms with Crippen molar-refractivity contribution in [2.75, 3.05) is 6.54 Å². The first-order valence-electron chi connectivity index (χ1n) is 7.55. The van der Waals surface area contributed by atoms with Gasteiger partial charge in [0.05, 0.1) is 11.7 Å². The lowest BCUT2D eigenvalue weighted by atomic mass is 9.98. The molecule has 1 fully saturated rings. The van der Waals surface area contributed by atoms with Gasteiger partial charge in [-0.05, 0) is 51.2 Å². The molecule has 2 atom stereocenters. The molecule has 1 heterocycles. The van der Waals surface area contributed by atoms with Crippen molar-refractivity contribution in [1.82, 2.24) is 9.88 Å². The molecular weight excluding hydrogens is 234 g/mol. The molecular formula is C16H27N3. The van der Waals surface area contributed by atoms with E-state index in [1.54, 1.807) is 0 Å². The van der Waals surface area contributed by atoms with E-state index in [0.29, 0.717) is 6.04 Å². The van der Waals surface area contributed by atoms with E-state index in [9.17, 15) is 0 Å². The smallest absolute Gasteiger partial charge is 0.0675 e. The standard InChI is InChI=1S/C16H27N3/c1-4-14(17)16(15-7-5-6-10-18-15)19(12(2)3)11-13-8-9-13/h5-7,10,12-14,16H,4,8-9,11,17H2,1-3H3. The third-order valence-corrected chi connectivity index (χ3v) is 4.05. The second-order valence-electron chi connectivity index (χ2n) is 6.01. The number of pyridine rings is 1. The maximum absolute atomic E-state index is 6.40. The van der Waals surface area contributed by atoms with Gasteiger partial charge in [0.15, 0.2) is 0 Å². The number of hydrogen-bond acceptors (Lipinski definition) is 3. The Hall–Kier alpha value is -0.930. The predicted octanol–water partition coefficient (Wildman–Crippen LogP) is 2.98. The molecule has 2 rings (SSSR count). The van der Waals surface area contributed by atoms with E-state index < -0.39 is 0 Å². The van der Waals surface area contributed by atoms with Crippen LogP contribution in [0.5, 0.6) is 0 Å². The first-order chi connectivity index (χ1) is 9.13. The Morgan fingerprint density at radius 1 is 1.37 bits per heavy atom. The molecule has 2 N–H and O–H groups in total. The number of aromatic nitrogens is 1. The van der Waals surface area contributed by atoms with Gasteiger partial charge in [-0.3, -0.25) is 9.88 Å². The summed E-state index contributed by atoms with van der Waals surface area (Å²) in [5.74, 6) is 0.873. The van der Waals surface area contributed by atoms with Crippen molar-refractivity contribution in [3.8, 4) is 0 Å². The summed E-state index contributed by atoms with van der Waals surface area (Å²) < 4.78 is 0. The first-order valence-corrected chi connectivity index (χ1v) is 7.55. The van der Waals surface area contributed by atoms with Gasteiger partial charge in [-0.15, -0.1) is 0 Å². The molecule has 1 aliphatic carbocycles. The number of nitrogens with zero attached hydrogens (tertiary/aromatic N) is 2. The molecule has 3 heteroatoms. The van der Waals surface area contributed by atoms with Crippen molar-refractivity contribution in [3.05, 3.63) is 30.1 Å². The summed E-state index contributed by atoms with van der Waals surface area (Å²) >= 11 is 0. The second-order valence-corrected chi connectivity index (χ2v) is 6.01. The van der Waals surface area contributed by atoms with Crippen LogP contribution < -0.4 is 5.73 Å². The molecule has 106 valence electrons. The topological polar surface area (TPSA) is 42.1 Å². The average Bonchev–Trinajstić information content (AvgIpc) is 3.22. The SMILES string of the molecule is CCC(N)C(c1ccccn1)N(CC1CC1)C(C)C. The van der Waals surface area contributed by atoms with Gasteiger partial charge in [0.1, 0.15) is 0 Å². The minimum Gasteiger partial charge on any atom is -0.326 e. The van der Waals surface area contributed by atoms with Gasteiger partial charge in [-0.2, -0.15) is 0 Å². The van der Waals surface area contributed by atoms with Crippen molar-refractivity contribution >= 4 is 0 Å². The first kappa shape index (κ1) is 14.5. The van der Waals surface area contributed by atoms with Crippen molar-refractivity contribution in [3.63, 3.8) is 0 Å². The molecule has 0 amide bonds. The number of hydrogen-bond donors (Lipinski definition) is 1. The van der Waals surface area contributed by atoms with Crippen LogP contribution >= 0.6 is 0 Å². The molecule has 0 radical (unpaired) electrons. The summed E-state index contributed by atoms with van der Waals surface area (Å²) in [6, 6.07) is 7.04. The molecule has 0 saturated heterocycles. The Morgan fingerprint density at radius 3 is 2.58 bits per heavy atom. The summed E-state index contributed by atoms with van der Waals surface area (Å²) in [5.41, 5.74) is 7.52. The highest BCUT2D eigenvalue weighted by Crippen LogP contribution is 2.34. The van der Waals surface area contributed by atoms with Crippen LogP contribution in [0, 0.1) is 5.92 Å². The molecule has 0 aromatic carbocycles. The largest absolute Gasteiger partial charge is 0.326 e. The van der Waals surface area contributed by atoms with Gasteiger partial charge in [0, 0.05) is 24.8 Å². The van der Waals surface area contributed by atoms with E-state index in [1.807, 2.05) is 12.3 Å². The molecule has 1 aromatic heterocycles. The summed E-state index contributed by atoms with van der Waals surface area (Å²) in [5, 5.41) is 0. The monoisotopic (exact) mass is 261 g/mol. The van der Waals surface area contributed by atoms with Gasteiger partial charge in [-0.1, -0.05) is 13.0 Å². The summed E-state index contributed by atoms with van der Waals surface area (Å²) in [6.07, 6.45) is 5.61. The molecule has 1 saturated carbocycles. The lowest BCUT2D eigenvalue weighted by Gasteiger charge is -2.38. The molecule has 19 heavy (non-hydrogen) atoms. The van der Waals surface area contributed by atoms with Crippen LogP contribution in [0.15, 0.2) is 24.4 Å². The third kappa shape index (κ3) is 3.77. The Bertz CT molecular complexity index is 373. The predicted molar refractivity (Wildman–Crippen MR) is 79.8 cm³/mol. The van der Waals surface area contributed by atoms with Crippen LogP contribution in [-0.2, 0) is 0 Å². The highest BCUT2D eigenvalue weighted by atomic mass is 15.2. The highest BCUT2D eigenvalue weighted by Gasteiger charge is 2.33. The zero-order valence-electron chi connectivity index (χ0n) is 12.4. The van der Waals surface area contributed by atoms with Crippen molar-refractivity contribution in [2.24, 2.45) is 11.7 Å². The maximum atomic E-state index is 6.40. The molecule has 0 spiro atoms. The minimum atomic E-state index is 0.149. The molecule has 1 aromatic rings. The van der Waals surface area contributed by atoms with Crippen molar-refractivity contribution < 1.29 is 0 Å². The van der Waals surface area contributed by atoms with Crippen molar-refractivity contribution in [1.29, 1.82) is 0 Å². The lowest BCUT2D eigenvalue weighted by molar-refractivity contribution is 0.120. The fourth-order valence-electron chi connectivity index (χ4n) is 2.65. The van der Waals surface area contributed by atoms with Crippen molar-refractivity contribution in [2.45, 2.75) is 58.2 Å². The van der Waals surface area contributed by atoms with E-state index in [1.165, 1.54) is 12.8 Å². The van der Waals surface area contributed by atoms with E-state index in [0.717, 1.165) is 24.6 Å². The maximum Gasteiger partial charge on any atom is 0.0675 e. The zero-order valence-corrected chi connectivity index (χ0v) is 12.4.